The Hall–Kier alpha value is -1.30. The molecule has 3 N–H and O–H groups in total. The number of hydrogen-bond donors (Lipinski definition) is 3. The second-order valence-corrected chi connectivity index (χ2v) is 5.16. The van der Waals surface area contributed by atoms with Gasteiger partial charge in [0.2, 0.25) is 5.91 Å². The molecular weight excluding hydrogens is 244 g/mol. The molecule has 0 aliphatic rings. The van der Waals surface area contributed by atoms with Gasteiger partial charge < -0.3 is 20.7 Å². The molecule has 1 atom stereocenters. The average Bonchev–Trinajstić information content (AvgIpc) is 2.35. The Morgan fingerprint density at radius 3 is 2.53 bits per heavy atom. The van der Waals surface area contributed by atoms with Crippen LogP contribution < -0.4 is 16.0 Å². The smallest absolute Gasteiger partial charge is 0.227 e. The first-order valence-corrected chi connectivity index (χ1v) is 6.63. The van der Waals surface area contributed by atoms with Crippen LogP contribution in [0.2, 0.25) is 0 Å². The van der Waals surface area contributed by atoms with E-state index >= 15 is 0 Å². The molecule has 0 aliphatic carbocycles. The summed E-state index contributed by atoms with van der Waals surface area (Å²) in [6, 6.07) is 0.158. The molecule has 0 saturated carbocycles. The fraction of sp³-hybridized carbons (Fsp3) is 0.846. The number of guanidine groups is 1. The lowest BCUT2D eigenvalue weighted by Gasteiger charge is -2.22. The first kappa shape index (κ1) is 17.7. The van der Waals surface area contributed by atoms with Gasteiger partial charge >= 0.3 is 0 Å². The molecule has 6 heteroatoms. The van der Waals surface area contributed by atoms with E-state index < -0.39 is 5.41 Å². The average molecular weight is 272 g/mol. The lowest BCUT2D eigenvalue weighted by Crippen LogP contribution is -2.45. The lowest BCUT2D eigenvalue weighted by molar-refractivity contribution is -0.128. The van der Waals surface area contributed by atoms with Crippen LogP contribution in [0.25, 0.3) is 0 Å². The van der Waals surface area contributed by atoms with E-state index in [4.69, 9.17) is 4.74 Å². The molecule has 0 aromatic heterocycles. The first-order chi connectivity index (χ1) is 8.87. The van der Waals surface area contributed by atoms with Gasteiger partial charge in [0.15, 0.2) is 5.96 Å². The molecule has 0 aromatic carbocycles. The van der Waals surface area contributed by atoms with Crippen molar-refractivity contribution in [3.8, 4) is 0 Å². The van der Waals surface area contributed by atoms with Crippen molar-refractivity contribution in [2.75, 3.05) is 33.9 Å². The second-order valence-electron chi connectivity index (χ2n) is 5.16. The predicted molar refractivity (Wildman–Crippen MR) is 78.3 cm³/mol. The number of carbonyl (C=O) groups excluding carboxylic acids is 1. The molecule has 0 spiro atoms. The molecule has 1 amide bonds. The predicted octanol–water partition coefficient (Wildman–Crippen LogP) is 0.349. The Morgan fingerprint density at radius 2 is 2.05 bits per heavy atom. The maximum absolute atomic E-state index is 11.7. The van der Waals surface area contributed by atoms with E-state index in [1.54, 1.807) is 14.2 Å². The van der Waals surface area contributed by atoms with Gasteiger partial charge in [-0.25, -0.2) is 0 Å². The molecule has 0 aromatic rings. The zero-order chi connectivity index (χ0) is 14.9. The minimum Gasteiger partial charge on any atom is -0.383 e. The van der Waals surface area contributed by atoms with Crippen molar-refractivity contribution >= 4 is 11.9 Å². The van der Waals surface area contributed by atoms with Gasteiger partial charge in [-0.1, -0.05) is 0 Å². The molecule has 0 saturated heterocycles. The summed E-state index contributed by atoms with van der Waals surface area (Å²) >= 11 is 0. The zero-order valence-corrected chi connectivity index (χ0v) is 13.0. The Morgan fingerprint density at radius 1 is 1.42 bits per heavy atom. The summed E-state index contributed by atoms with van der Waals surface area (Å²) in [5.74, 6) is 0.682. The highest BCUT2D eigenvalue weighted by molar-refractivity contribution is 5.83. The normalized spacial score (nSPS) is 13.9. The van der Waals surface area contributed by atoms with E-state index in [-0.39, 0.29) is 11.9 Å². The number of carbonyl (C=O) groups is 1. The highest BCUT2D eigenvalue weighted by Gasteiger charge is 2.26. The van der Waals surface area contributed by atoms with Gasteiger partial charge in [-0.3, -0.25) is 9.79 Å². The van der Waals surface area contributed by atoms with Gasteiger partial charge in [0, 0.05) is 26.7 Å². The van der Waals surface area contributed by atoms with Crippen LogP contribution in [0, 0.1) is 5.41 Å². The van der Waals surface area contributed by atoms with E-state index in [1.165, 1.54) is 0 Å². The van der Waals surface area contributed by atoms with Crippen molar-refractivity contribution in [1.82, 2.24) is 16.0 Å². The van der Waals surface area contributed by atoms with Crippen molar-refractivity contribution in [3.05, 3.63) is 0 Å². The summed E-state index contributed by atoms with van der Waals surface area (Å²) in [4.78, 5) is 16.1. The van der Waals surface area contributed by atoms with E-state index in [1.807, 2.05) is 27.7 Å². The third-order valence-corrected chi connectivity index (χ3v) is 2.62. The summed E-state index contributed by atoms with van der Waals surface area (Å²) in [6.45, 7) is 9.55. The van der Waals surface area contributed by atoms with Crippen LogP contribution in [0.1, 0.15) is 27.7 Å². The Balaban J connectivity index is 4.61. The van der Waals surface area contributed by atoms with Crippen molar-refractivity contribution < 1.29 is 9.53 Å². The minimum absolute atomic E-state index is 0.0166. The Labute approximate surface area is 116 Å². The van der Waals surface area contributed by atoms with Crippen LogP contribution in [0.5, 0.6) is 0 Å². The Bertz CT molecular complexity index is 303. The number of ether oxygens (including phenoxy) is 1. The third-order valence-electron chi connectivity index (χ3n) is 2.62. The molecule has 0 heterocycles. The molecule has 1 unspecified atom stereocenters. The van der Waals surface area contributed by atoms with Crippen LogP contribution in [-0.2, 0) is 9.53 Å². The number of rotatable bonds is 7. The number of aliphatic imine (C=N–C) groups is 1. The van der Waals surface area contributed by atoms with Crippen molar-refractivity contribution in [2.24, 2.45) is 10.4 Å². The van der Waals surface area contributed by atoms with Crippen LogP contribution in [-0.4, -0.2) is 51.8 Å². The quantitative estimate of drug-likeness (QED) is 0.462. The molecule has 0 radical (unpaired) electrons. The van der Waals surface area contributed by atoms with E-state index in [0.29, 0.717) is 19.1 Å². The number of hydrogen-bond acceptors (Lipinski definition) is 3. The second kappa shape index (κ2) is 8.74. The molecule has 19 heavy (non-hydrogen) atoms. The van der Waals surface area contributed by atoms with Crippen LogP contribution in [0.15, 0.2) is 4.99 Å². The summed E-state index contributed by atoms with van der Waals surface area (Å²) in [6.07, 6.45) is 0. The van der Waals surface area contributed by atoms with Gasteiger partial charge in [0.1, 0.15) is 0 Å². The van der Waals surface area contributed by atoms with E-state index in [9.17, 15) is 4.79 Å². The van der Waals surface area contributed by atoms with E-state index in [0.717, 1.165) is 6.54 Å². The number of nitrogens with one attached hydrogen (secondary N) is 3. The summed E-state index contributed by atoms with van der Waals surface area (Å²) < 4.78 is 5.07. The largest absolute Gasteiger partial charge is 0.383 e. The van der Waals surface area contributed by atoms with Gasteiger partial charge in [0.25, 0.3) is 0 Å². The summed E-state index contributed by atoms with van der Waals surface area (Å²) in [5.41, 5.74) is -0.526. The van der Waals surface area contributed by atoms with Crippen molar-refractivity contribution in [1.29, 1.82) is 0 Å². The number of nitrogens with zero attached hydrogens (tertiary/aromatic N) is 1. The van der Waals surface area contributed by atoms with Crippen molar-refractivity contribution in [3.63, 3.8) is 0 Å². The monoisotopic (exact) mass is 272 g/mol. The van der Waals surface area contributed by atoms with Crippen molar-refractivity contribution in [2.45, 2.75) is 33.7 Å². The van der Waals surface area contributed by atoms with Gasteiger partial charge in [-0.15, -0.1) is 0 Å². The molecule has 0 bridgehead atoms. The first-order valence-electron chi connectivity index (χ1n) is 6.63. The molecule has 0 fully saturated rings. The van der Waals surface area contributed by atoms with E-state index in [2.05, 4.69) is 20.9 Å². The number of methoxy groups -OCH3 is 1. The highest BCUT2D eigenvalue weighted by atomic mass is 16.5. The van der Waals surface area contributed by atoms with Gasteiger partial charge in [0.05, 0.1) is 18.6 Å². The molecular formula is C13H28N4O2. The maximum Gasteiger partial charge on any atom is 0.227 e. The SMILES string of the molecule is CCNC(=NCC(C)(C)C(=O)NC)NC(C)COC. The van der Waals surface area contributed by atoms with Gasteiger partial charge in [-0.2, -0.15) is 0 Å². The fourth-order valence-corrected chi connectivity index (χ4v) is 1.53. The Kier molecular flexibility index (Phi) is 8.14. The summed E-state index contributed by atoms with van der Waals surface area (Å²) in [5, 5.41) is 9.04. The van der Waals surface area contributed by atoms with Crippen LogP contribution in [0.3, 0.4) is 0 Å². The van der Waals surface area contributed by atoms with Crippen LogP contribution >= 0.6 is 0 Å². The topological polar surface area (TPSA) is 74.8 Å². The highest BCUT2D eigenvalue weighted by Crippen LogP contribution is 2.15. The molecule has 112 valence electrons. The minimum atomic E-state index is -0.526. The summed E-state index contributed by atoms with van der Waals surface area (Å²) in [7, 11) is 3.30. The maximum atomic E-state index is 11.7. The standard InChI is InChI=1S/C13H28N4O2/c1-7-15-12(17-10(2)8-19-6)16-9-13(3,4)11(18)14-5/h10H,7-9H2,1-6H3,(H,14,18)(H2,15,16,17). The number of amides is 1. The lowest BCUT2D eigenvalue weighted by atomic mass is 9.93. The van der Waals surface area contributed by atoms with Gasteiger partial charge in [-0.05, 0) is 27.7 Å². The third kappa shape index (κ3) is 7.00. The molecule has 0 aliphatic heterocycles. The molecule has 0 rings (SSSR count). The fourth-order valence-electron chi connectivity index (χ4n) is 1.53. The zero-order valence-electron chi connectivity index (χ0n) is 13.0. The van der Waals surface area contributed by atoms with Crippen LogP contribution in [0.4, 0.5) is 0 Å². The molecule has 6 nitrogen and oxygen atoms in total.